The Bertz CT molecular complexity index is 456. The Hall–Kier alpha value is -0.870. The van der Waals surface area contributed by atoms with Crippen molar-refractivity contribution in [1.29, 1.82) is 0 Å². The molecular formula is C14H19BrN2O. The van der Waals surface area contributed by atoms with Crippen molar-refractivity contribution in [1.82, 2.24) is 5.32 Å². The third kappa shape index (κ3) is 2.59. The van der Waals surface area contributed by atoms with Gasteiger partial charge in [-0.3, -0.25) is 4.79 Å². The summed E-state index contributed by atoms with van der Waals surface area (Å²) in [7, 11) is 0. The lowest BCUT2D eigenvalue weighted by Crippen LogP contribution is -2.35. The summed E-state index contributed by atoms with van der Waals surface area (Å²) >= 11 is 3.53. The quantitative estimate of drug-likeness (QED) is 0.881. The number of anilines is 1. The van der Waals surface area contributed by atoms with E-state index in [-0.39, 0.29) is 11.3 Å². The molecule has 0 aromatic heterocycles. The van der Waals surface area contributed by atoms with Crippen LogP contribution in [0.15, 0.2) is 16.6 Å². The summed E-state index contributed by atoms with van der Waals surface area (Å²) in [6, 6.07) is 4.00. The summed E-state index contributed by atoms with van der Waals surface area (Å²) in [5.41, 5.74) is 2.88. The third-order valence-electron chi connectivity index (χ3n) is 3.61. The summed E-state index contributed by atoms with van der Waals surface area (Å²) in [4.78, 5) is 12.3. The zero-order chi connectivity index (χ0) is 13.3. The van der Waals surface area contributed by atoms with Gasteiger partial charge in [0.2, 0.25) is 5.91 Å². The second kappa shape index (κ2) is 5.02. The van der Waals surface area contributed by atoms with Crippen molar-refractivity contribution in [2.75, 3.05) is 18.4 Å². The summed E-state index contributed by atoms with van der Waals surface area (Å²) in [5, 5.41) is 6.28. The van der Waals surface area contributed by atoms with Gasteiger partial charge in [-0.25, -0.2) is 0 Å². The standard InChI is InChI=1S/C14H19BrN2O/c1-9-6-11(7-10(2)12(9)15)17-13(18)14(3)4-5-16-8-14/h6-7,16H,4-5,8H2,1-3H3,(H,17,18). The lowest BCUT2D eigenvalue weighted by Gasteiger charge is -2.22. The maximum Gasteiger partial charge on any atom is 0.231 e. The lowest BCUT2D eigenvalue weighted by atomic mass is 9.88. The molecule has 1 aromatic carbocycles. The van der Waals surface area contributed by atoms with Gasteiger partial charge in [-0.15, -0.1) is 0 Å². The predicted octanol–water partition coefficient (Wildman–Crippen LogP) is 3.00. The van der Waals surface area contributed by atoms with Crippen LogP contribution in [0.25, 0.3) is 0 Å². The van der Waals surface area contributed by atoms with E-state index in [0.29, 0.717) is 0 Å². The molecular weight excluding hydrogens is 292 g/mol. The second-order valence-electron chi connectivity index (χ2n) is 5.37. The van der Waals surface area contributed by atoms with E-state index >= 15 is 0 Å². The van der Waals surface area contributed by atoms with Gasteiger partial charge in [0, 0.05) is 16.7 Å². The van der Waals surface area contributed by atoms with Crippen LogP contribution in [-0.4, -0.2) is 19.0 Å². The summed E-state index contributed by atoms with van der Waals surface area (Å²) in [6.45, 7) is 7.76. The van der Waals surface area contributed by atoms with Crippen molar-refractivity contribution >= 4 is 27.5 Å². The smallest absolute Gasteiger partial charge is 0.231 e. The average Bonchev–Trinajstić information content (AvgIpc) is 2.74. The highest BCUT2D eigenvalue weighted by Crippen LogP contribution is 2.29. The highest BCUT2D eigenvalue weighted by Gasteiger charge is 2.36. The van der Waals surface area contributed by atoms with E-state index in [0.717, 1.165) is 40.8 Å². The first-order valence-corrected chi connectivity index (χ1v) is 7.01. The largest absolute Gasteiger partial charge is 0.326 e. The molecule has 1 fully saturated rings. The number of rotatable bonds is 2. The molecule has 2 rings (SSSR count). The number of carbonyl (C=O) groups is 1. The average molecular weight is 311 g/mol. The maximum atomic E-state index is 12.3. The van der Waals surface area contributed by atoms with Crippen LogP contribution in [0.1, 0.15) is 24.5 Å². The Morgan fingerprint density at radius 1 is 1.39 bits per heavy atom. The van der Waals surface area contributed by atoms with Crippen LogP contribution in [0.3, 0.4) is 0 Å². The molecule has 1 aliphatic rings. The van der Waals surface area contributed by atoms with Gasteiger partial charge >= 0.3 is 0 Å². The van der Waals surface area contributed by atoms with Gasteiger partial charge in [-0.2, -0.15) is 0 Å². The van der Waals surface area contributed by atoms with Gasteiger partial charge < -0.3 is 10.6 Å². The zero-order valence-corrected chi connectivity index (χ0v) is 12.6. The molecule has 0 aliphatic carbocycles. The molecule has 4 heteroatoms. The molecule has 98 valence electrons. The van der Waals surface area contributed by atoms with Gasteiger partial charge in [0.15, 0.2) is 0 Å². The van der Waals surface area contributed by atoms with Crippen molar-refractivity contribution in [3.8, 4) is 0 Å². The van der Waals surface area contributed by atoms with Crippen molar-refractivity contribution in [3.05, 3.63) is 27.7 Å². The zero-order valence-electron chi connectivity index (χ0n) is 11.1. The fraction of sp³-hybridized carbons (Fsp3) is 0.500. The Morgan fingerprint density at radius 2 is 2.00 bits per heavy atom. The van der Waals surface area contributed by atoms with Crippen molar-refractivity contribution in [3.63, 3.8) is 0 Å². The van der Waals surface area contributed by atoms with Gasteiger partial charge in [0.25, 0.3) is 0 Å². The van der Waals surface area contributed by atoms with Gasteiger partial charge in [-0.05, 0) is 57.0 Å². The molecule has 2 N–H and O–H groups in total. The monoisotopic (exact) mass is 310 g/mol. The van der Waals surface area contributed by atoms with Crippen molar-refractivity contribution in [2.45, 2.75) is 27.2 Å². The van der Waals surface area contributed by atoms with Crippen LogP contribution in [0.5, 0.6) is 0 Å². The van der Waals surface area contributed by atoms with Crippen LogP contribution in [0, 0.1) is 19.3 Å². The van der Waals surface area contributed by atoms with Gasteiger partial charge in [-0.1, -0.05) is 15.9 Å². The first-order chi connectivity index (χ1) is 8.42. The fourth-order valence-corrected chi connectivity index (χ4v) is 2.54. The maximum absolute atomic E-state index is 12.3. The van der Waals surface area contributed by atoms with Crippen molar-refractivity contribution < 1.29 is 4.79 Å². The molecule has 0 radical (unpaired) electrons. The Kier molecular flexibility index (Phi) is 3.78. The van der Waals surface area contributed by atoms with Gasteiger partial charge in [0.05, 0.1) is 5.41 Å². The molecule has 1 aromatic rings. The number of carbonyl (C=O) groups excluding carboxylic acids is 1. The predicted molar refractivity (Wildman–Crippen MR) is 77.8 cm³/mol. The summed E-state index contributed by atoms with van der Waals surface area (Å²) < 4.78 is 1.11. The minimum atomic E-state index is -0.283. The summed E-state index contributed by atoms with van der Waals surface area (Å²) in [6.07, 6.45) is 0.896. The Balaban J connectivity index is 2.17. The molecule has 1 amide bonds. The molecule has 1 atom stereocenters. The van der Waals surface area contributed by atoms with E-state index in [1.54, 1.807) is 0 Å². The Morgan fingerprint density at radius 3 is 2.50 bits per heavy atom. The molecule has 3 nitrogen and oxygen atoms in total. The van der Waals surface area contributed by atoms with Crippen LogP contribution in [0.2, 0.25) is 0 Å². The third-order valence-corrected chi connectivity index (χ3v) is 4.86. The minimum absolute atomic E-state index is 0.105. The molecule has 18 heavy (non-hydrogen) atoms. The molecule has 0 bridgehead atoms. The number of benzene rings is 1. The number of halogens is 1. The van der Waals surface area contributed by atoms with E-state index in [9.17, 15) is 4.79 Å². The first kappa shape index (κ1) is 13.6. The number of amides is 1. The van der Waals surface area contributed by atoms with E-state index in [1.165, 1.54) is 0 Å². The SMILES string of the molecule is Cc1cc(NC(=O)C2(C)CCNC2)cc(C)c1Br. The minimum Gasteiger partial charge on any atom is -0.326 e. The van der Waals surface area contributed by atoms with E-state index < -0.39 is 0 Å². The highest BCUT2D eigenvalue weighted by molar-refractivity contribution is 9.10. The van der Waals surface area contributed by atoms with E-state index in [4.69, 9.17) is 0 Å². The number of hydrogen-bond donors (Lipinski definition) is 2. The molecule has 1 aliphatic heterocycles. The summed E-state index contributed by atoms with van der Waals surface area (Å²) in [5.74, 6) is 0.105. The van der Waals surface area contributed by atoms with Crippen LogP contribution in [-0.2, 0) is 4.79 Å². The van der Waals surface area contributed by atoms with Crippen LogP contribution < -0.4 is 10.6 Å². The molecule has 1 saturated heterocycles. The van der Waals surface area contributed by atoms with Gasteiger partial charge in [0.1, 0.15) is 0 Å². The van der Waals surface area contributed by atoms with Crippen molar-refractivity contribution in [2.24, 2.45) is 5.41 Å². The first-order valence-electron chi connectivity index (χ1n) is 6.21. The number of hydrogen-bond acceptors (Lipinski definition) is 2. The number of aryl methyl sites for hydroxylation is 2. The molecule has 0 spiro atoms. The van der Waals surface area contributed by atoms with Crippen LogP contribution >= 0.6 is 15.9 Å². The highest BCUT2D eigenvalue weighted by atomic mass is 79.9. The Labute approximate surface area is 116 Å². The molecule has 0 saturated carbocycles. The lowest BCUT2D eigenvalue weighted by molar-refractivity contribution is -0.123. The normalized spacial score (nSPS) is 23.1. The van der Waals surface area contributed by atoms with E-state index in [1.807, 2.05) is 32.9 Å². The topological polar surface area (TPSA) is 41.1 Å². The molecule has 1 unspecified atom stereocenters. The van der Waals surface area contributed by atoms with Crippen LogP contribution in [0.4, 0.5) is 5.69 Å². The molecule has 1 heterocycles. The number of nitrogens with one attached hydrogen (secondary N) is 2. The fourth-order valence-electron chi connectivity index (χ4n) is 2.31. The second-order valence-corrected chi connectivity index (χ2v) is 6.16. The van der Waals surface area contributed by atoms with E-state index in [2.05, 4.69) is 26.6 Å².